The van der Waals surface area contributed by atoms with Crippen molar-refractivity contribution in [2.75, 3.05) is 10.6 Å². The van der Waals surface area contributed by atoms with Crippen LogP contribution < -0.4 is 16.1 Å². The summed E-state index contributed by atoms with van der Waals surface area (Å²) in [6, 6.07) is 15.5. The Labute approximate surface area is 182 Å². The van der Waals surface area contributed by atoms with Crippen LogP contribution in [0.4, 0.5) is 20.6 Å². The van der Waals surface area contributed by atoms with Crippen LogP contribution in [0.3, 0.4) is 0 Å². The number of fused-ring (bicyclic) bond motifs is 1. The van der Waals surface area contributed by atoms with E-state index in [-0.39, 0.29) is 5.69 Å². The molecular formula is C24H26BFN2O3. The Kier molecular flexibility index (Phi) is 5.27. The van der Waals surface area contributed by atoms with Gasteiger partial charge in [0, 0.05) is 5.39 Å². The maximum absolute atomic E-state index is 14.0. The summed E-state index contributed by atoms with van der Waals surface area (Å²) in [5, 5.41) is 7.17. The lowest BCUT2D eigenvalue weighted by molar-refractivity contribution is 0.00578. The smallest absolute Gasteiger partial charge is 0.399 e. The Morgan fingerprint density at radius 2 is 1.48 bits per heavy atom. The van der Waals surface area contributed by atoms with Crippen molar-refractivity contribution in [3.05, 3.63) is 66.0 Å². The number of carbonyl (C=O) groups is 1. The summed E-state index contributed by atoms with van der Waals surface area (Å²) in [4.78, 5) is 12.6. The lowest BCUT2D eigenvalue weighted by atomic mass is 9.76. The monoisotopic (exact) mass is 420 g/mol. The largest absolute Gasteiger partial charge is 0.495 e. The third-order valence-corrected chi connectivity index (χ3v) is 6.08. The van der Waals surface area contributed by atoms with E-state index in [0.29, 0.717) is 5.69 Å². The molecule has 0 unspecified atom stereocenters. The van der Waals surface area contributed by atoms with E-state index in [1.54, 1.807) is 12.1 Å². The van der Waals surface area contributed by atoms with Crippen LogP contribution in [0, 0.1) is 12.7 Å². The van der Waals surface area contributed by atoms with Crippen molar-refractivity contribution in [3.8, 4) is 0 Å². The minimum Gasteiger partial charge on any atom is -0.399 e. The summed E-state index contributed by atoms with van der Waals surface area (Å²) in [6.45, 7) is 9.89. The number of halogens is 1. The summed E-state index contributed by atoms with van der Waals surface area (Å²) in [6.07, 6.45) is 0. The Hall–Kier alpha value is -2.90. The molecule has 2 N–H and O–H groups in total. The third-order valence-electron chi connectivity index (χ3n) is 6.08. The molecule has 160 valence electrons. The average Bonchev–Trinajstić information content (AvgIpc) is 2.92. The van der Waals surface area contributed by atoms with Gasteiger partial charge < -0.3 is 19.9 Å². The van der Waals surface area contributed by atoms with Gasteiger partial charge in [-0.25, -0.2) is 9.18 Å². The summed E-state index contributed by atoms with van der Waals surface area (Å²) in [5.74, 6) is -0.485. The highest BCUT2D eigenvalue weighted by molar-refractivity contribution is 6.65. The maximum atomic E-state index is 14.0. The molecule has 0 aliphatic carbocycles. The van der Waals surface area contributed by atoms with Crippen molar-refractivity contribution in [3.63, 3.8) is 0 Å². The van der Waals surface area contributed by atoms with E-state index >= 15 is 0 Å². The first-order chi connectivity index (χ1) is 14.6. The predicted molar refractivity (Wildman–Crippen MR) is 123 cm³/mol. The molecule has 0 atom stereocenters. The van der Waals surface area contributed by atoms with Crippen molar-refractivity contribution < 1.29 is 18.5 Å². The second kappa shape index (κ2) is 7.66. The van der Waals surface area contributed by atoms with Crippen LogP contribution in [-0.4, -0.2) is 24.4 Å². The summed E-state index contributed by atoms with van der Waals surface area (Å²) in [5.41, 5.74) is 1.59. The molecule has 0 radical (unpaired) electrons. The normalized spacial score (nSPS) is 17.0. The van der Waals surface area contributed by atoms with Crippen LogP contribution in [0.2, 0.25) is 0 Å². The molecule has 3 aromatic carbocycles. The molecule has 1 aliphatic rings. The molecule has 1 heterocycles. The van der Waals surface area contributed by atoms with Crippen molar-refractivity contribution in [1.29, 1.82) is 0 Å². The van der Waals surface area contributed by atoms with Gasteiger partial charge >= 0.3 is 13.1 Å². The fraction of sp³-hybridized carbons (Fsp3) is 0.292. The standard InChI is InChI=1S/C24H26BFN2O3/c1-15-10-12-19(26)21(14-15)28-22(29)27-20-13-11-18(16-8-6-7-9-17(16)20)25-30-23(2,3)24(4,5)31-25/h6-14H,1-5H3,(H2,27,28,29). The number of urea groups is 1. The number of nitrogens with one attached hydrogen (secondary N) is 2. The topological polar surface area (TPSA) is 59.6 Å². The Bertz CT molecular complexity index is 1150. The Morgan fingerprint density at radius 3 is 2.16 bits per heavy atom. The molecule has 4 rings (SSSR count). The Morgan fingerprint density at radius 1 is 0.871 bits per heavy atom. The molecule has 5 nitrogen and oxygen atoms in total. The fourth-order valence-corrected chi connectivity index (χ4v) is 3.62. The highest BCUT2D eigenvalue weighted by Crippen LogP contribution is 2.37. The molecule has 1 aliphatic heterocycles. The number of hydrogen-bond donors (Lipinski definition) is 2. The quantitative estimate of drug-likeness (QED) is 0.571. The molecule has 1 fully saturated rings. The molecule has 2 amide bonds. The first-order valence-electron chi connectivity index (χ1n) is 10.3. The zero-order chi connectivity index (χ0) is 22.4. The third kappa shape index (κ3) is 4.03. The molecule has 7 heteroatoms. The van der Waals surface area contributed by atoms with Crippen molar-refractivity contribution in [1.82, 2.24) is 0 Å². The second-order valence-corrected chi connectivity index (χ2v) is 8.90. The van der Waals surface area contributed by atoms with E-state index in [1.165, 1.54) is 6.07 Å². The van der Waals surface area contributed by atoms with E-state index in [9.17, 15) is 9.18 Å². The lowest BCUT2D eigenvalue weighted by Gasteiger charge is -2.32. The van der Waals surface area contributed by atoms with Crippen molar-refractivity contribution >= 4 is 40.8 Å². The number of aryl methyl sites for hydroxylation is 1. The highest BCUT2D eigenvalue weighted by Gasteiger charge is 2.52. The molecule has 0 bridgehead atoms. The fourth-order valence-electron chi connectivity index (χ4n) is 3.62. The van der Waals surface area contributed by atoms with Crippen LogP contribution >= 0.6 is 0 Å². The number of hydrogen-bond acceptors (Lipinski definition) is 3. The molecule has 0 saturated carbocycles. The highest BCUT2D eigenvalue weighted by atomic mass is 19.1. The molecule has 0 spiro atoms. The Balaban J connectivity index is 1.63. The van der Waals surface area contributed by atoms with E-state index in [2.05, 4.69) is 10.6 Å². The average molecular weight is 420 g/mol. The van der Waals surface area contributed by atoms with Gasteiger partial charge in [0.25, 0.3) is 0 Å². The van der Waals surface area contributed by atoms with Crippen molar-refractivity contribution in [2.24, 2.45) is 0 Å². The first-order valence-corrected chi connectivity index (χ1v) is 10.3. The van der Waals surface area contributed by atoms with Gasteiger partial charge in [-0.2, -0.15) is 0 Å². The SMILES string of the molecule is Cc1ccc(F)c(NC(=O)Nc2ccc(B3OC(C)(C)C(C)(C)O3)c3ccccc23)c1. The van der Waals surface area contributed by atoms with Gasteiger partial charge in [-0.3, -0.25) is 0 Å². The summed E-state index contributed by atoms with van der Waals surface area (Å²) < 4.78 is 26.4. The molecule has 3 aromatic rings. The molecule has 1 saturated heterocycles. The van der Waals surface area contributed by atoms with E-state index in [4.69, 9.17) is 9.31 Å². The zero-order valence-electron chi connectivity index (χ0n) is 18.4. The van der Waals surface area contributed by atoms with E-state index in [1.807, 2.05) is 71.0 Å². The number of rotatable bonds is 3. The second-order valence-electron chi connectivity index (χ2n) is 8.90. The van der Waals surface area contributed by atoms with Crippen molar-refractivity contribution in [2.45, 2.75) is 45.8 Å². The van der Waals surface area contributed by atoms with Crippen LogP contribution in [0.1, 0.15) is 33.3 Å². The lowest BCUT2D eigenvalue weighted by Crippen LogP contribution is -2.41. The van der Waals surface area contributed by atoms with Crippen LogP contribution in [0.15, 0.2) is 54.6 Å². The van der Waals surface area contributed by atoms with Crippen LogP contribution in [0.25, 0.3) is 10.8 Å². The maximum Gasteiger partial charge on any atom is 0.495 e. The minimum atomic E-state index is -0.516. The van der Waals surface area contributed by atoms with Crippen LogP contribution in [-0.2, 0) is 9.31 Å². The first kappa shape index (κ1) is 21.3. The molecular weight excluding hydrogens is 394 g/mol. The summed E-state index contributed by atoms with van der Waals surface area (Å²) in [7, 11) is -0.515. The van der Waals surface area contributed by atoms with Gasteiger partial charge in [-0.15, -0.1) is 0 Å². The number of carbonyl (C=O) groups excluding carboxylic acids is 1. The van der Waals surface area contributed by atoms with Gasteiger partial charge in [0.15, 0.2) is 0 Å². The van der Waals surface area contributed by atoms with E-state index in [0.717, 1.165) is 21.8 Å². The number of anilines is 2. The number of amides is 2. The predicted octanol–water partition coefficient (Wildman–Crippen LogP) is 5.23. The van der Waals surface area contributed by atoms with E-state index < -0.39 is 30.2 Å². The summed E-state index contributed by atoms with van der Waals surface area (Å²) >= 11 is 0. The van der Waals surface area contributed by atoms with Gasteiger partial charge in [0.05, 0.1) is 22.6 Å². The van der Waals surface area contributed by atoms with Crippen LogP contribution in [0.5, 0.6) is 0 Å². The van der Waals surface area contributed by atoms with Gasteiger partial charge in [-0.05, 0) is 69.2 Å². The molecule has 31 heavy (non-hydrogen) atoms. The number of benzene rings is 3. The van der Waals surface area contributed by atoms with Gasteiger partial charge in [0.1, 0.15) is 5.82 Å². The zero-order valence-corrected chi connectivity index (χ0v) is 18.4. The molecule has 0 aromatic heterocycles. The van der Waals surface area contributed by atoms with Gasteiger partial charge in [-0.1, -0.05) is 36.4 Å². The van der Waals surface area contributed by atoms with Gasteiger partial charge in [0.2, 0.25) is 0 Å². The minimum absolute atomic E-state index is 0.135.